The second kappa shape index (κ2) is 7.79. The summed E-state index contributed by atoms with van der Waals surface area (Å²) in [6, 6.07) is 14.3. The molecule has 0 spiro atoms. The number of non-ortho nitro benzene ring substituents is 1. The van der Waals surface area contributed by atoms with Crippen LogP contribution in [-0.2, 0) is 5.41 Å². The Labute approximate surface area is 191 Å². The van der Waals surface area contributed by atoms with E-state index in [1.807, 2.05) is 23.0 Å². The van der Waals surface area contributed by atoms with Crippen LogP contribution >= 0.6 is 0 Å². The Kier molecular flexibility index (Phi) is 4.74. The maximum Gasteiger partial charge on any atom is 0.269 e. The number of anilines is 1. The summed E-state index contributed by atoms with van der Waals surface area (Å²) < 4.78 is 2.04. The molecular weight excluding hydrogens is 416 g/mol. The lowest BCUT2D eigenvalue weighted by Crippen LogP contribution is -2.49. The summed E-state index contributed by atoms with van der Waals surface area (Å²) >= 11 is 0. The predicted molar refractivity (Wildman–Crippen MR) is 126 cm³/mol. The Morgan fingerprint density at radius 3 is 2.24 bits per heavy atom. The molecule has 2 aromatic carbocycles. The summed E-state index contributed by atoms with van der Waals surface area (Å²) in [6.07, 6.45) is 11.8. The van der Waals surface area contributed by atoms with Crippen LogP contribution in [0.5, 0.6) is 0 Å². The summed E-state index contributed by atoms with van der Waals surface area (Å²) in [4.78, 5) is 10.3. The van der Waals surface area contributed by atoms with E-state index in [1.54, 1.807) is 18.3 Å². The van der Waals surface area contributed by atoms with Crippen LogP contribution in [0.3, 0.4) is 0 Å². The van der Waals surface area contributed by atoms with E-state index in [9.17, 15) is 10.1 Å². The number of rotatable bonds is 6. The Hall–Kier alpha value is -3.55. The van der Waals surface area contributed by atoms with Crippen molar-refractivity contribution in [3.8, 4) is 5.69 Å². The van der Waals surface area contributed by atoms with Crippen molar-refractivity contribution >= 4 is 17.6 Å². The predicted octanol–water partition coefficient (Wildman–Crippen LogP) is 5.09. The van der Waals surface area contributed by atoms with E-state index in [0.717, 1.165) is 29.0 Å². The molecule has 1 N–H and O–H groups in total. The molecule has 33 heavy (non-hydrogen) atoms. The molecule has 4 bridgehead atoms. The first-order valence-corrected chi connectivity index (χ1v) is 11.6. The highest BCUT2D eigenvalue weighted by Crippen LogP contribution is 2.60. The molecule has 0 saturated heterocycles. The molecule has 4 saturated carbocycles. The van der Waals surface area contributed by atoms with Crippen LogP contribution < -0.4 is 5.43 Å². The zero-order valence-corrected chi connectivity index (χ0v) is 18.3. The molecular formula is C25H26N6O2. The second-order valence-electron chi connectivity index (χ2n) is 9.99. The number of benzene rings is 2. The van der Waals surface area contributed by atoms with Gasteiger partial charge in [0.15, 0.2) is 0 Å². The van der Waals surface area contributed by atoms with Crippen LogP contribution in [0.15, 0.2) is 59.8 Å². The minimum atomic E-state index is -0.418. The first-order chi connectivity index (χ1) is 16.1. The van der Waals surface area contributed by atoms with Crippen LogP contribution in [0.1, 0.15) is 49.8 Å². The van der Waals surface area contributed by atoms with Gasteiger partial charge in [0.05, 0.1) is 34.4 Å². The first-order valence-electron chi connectivity index (χ1n) is 11.6. The molecule has 4 aliphatic rings. The zero-order chi connectivity index (χ0) is 22.4. The van der Waals surface area contributed by atoms with Crippen molar-refractivity contribution in [3.05, 3.63) is 76.1 Å². The van der Waals surface area contributed by atoms with E-state index in [-0.39, 0.29) is 11.1 Å². The van der Waals surface area contributed by atoms with Gasteiger partial charge >= 0.3 is 0 Å². The molecule has 7 rings (SSSR count). The summed E-state index contributed by atoms with van der Waals surface area (Å²) in [5.41, 5.74) is 7.15. The van der Waals surface area contributed by atoms with Crippen LogP contribution in [0.25, 0.3) is 5.69 Å². The van der Waals surface area contributed by atoms with Gasteiger partial charge in [-0.2, -0.15) is 5.10 Å². The van der Waals surface area contributed by atoms with Crippen molar-refractivity contribution in [2.45, 2.75) is 43.9 Å². The average molecular weight is 443 g/mol. The Bertz CT molecular complexity index is 1160. The second-order valence-corrected chi connectivity index (χ2v) is 9.99. The van der Waals surface area contributed by atoms with Crippen molar-refractivity contribution < 1.29 is 4.92 Å². The van der Waals surface area contributed by atoms with Gasteiger partial charge in [0.2, 0.25) is 0 Å². The quantitative estimate of drug-likeness (QED) is 0.326. The fraction of sp³-hybridized carbons (Fsp3) is 0.400. The van der Waals surface area contributed by atoms with Gasteiger partial charge < -0.3 is 0 Å². The Morgan fingerprint density at radius 1 is 1.00 bits per heavy atom. The molecule has 1 heterocycles. The fourth-order valence-corrected chi connectivity index (χ4v) is 6.75. The van der Waals surface area contributed by atoms with Crippen molar-refractivity contribution in [2.75, 3.05) is 5.43 Å². The van der Waals surface area contributed by atoms with Crippen molar-refractivity contribution in [3.63, 3.8) is 0 Å². The first kappa shape index (κ1) is 20.1. The van der Waals surface area contributed by atoms with Crippen molar-refractivity contribution in [1.29, 1.82) is 0 Å². The molecule has 0 radical (unpaired) electrons. The highest BCUT2D eigenvalue weighted by molar-refractivity contribution is 5.80. The number of nitrogens with one attached hydrogen (secondary N) is 1. The lowest BCUT2D eigenvalue weighted by molar-refractivity contribution is -0.384. The van der Waals surface area contributed by atoms with Gasteiger partial charge in [0.25, 0.3) is 5.69 Å². The topological polar surface area (TPSA) is 98.2 Å². The smallest absolute Gasteiger partial charge is 0.269 e. The lowest BCUT2D eigenvalue weighted by atomic mass is 9.49. The van der Waals surface area contributed by atoms with Gasteiger partial charge in [-0.3, -0.25) is 15.5 Å². The van der Waals surface area contributed by atoms with Gasteiger partial charge in [-0.25, -0.2) is 4.68 Å². The molecule has 1 aromatic heterocycles. The maximum atomic E-state index is 10.7. The number of nitrogens with zero attached hydrogens (tertiary/aromatic N) is 5. The van der Waals surface area contributed by atoms with Gasteiger partial charge in [0.1, 0.15) is 0 Å². The number of hydrogen-bond donors (Lipinski definition) is 1. The van der Waals surface area contributed by atoms with Crippen LogP contribution in [0.2, 0.25) is 0 Å². The van der Waals surface area contributed by atoms with Crippen molar-refractivity contribution in [1.82, 2.24) is 15.0 Å². The third-order valence-electron chi connectivity index (χ3n) is 7.75. The summed E-state index contributed by atoms with van der Waals surface area (Å²) in [7, 11) is 0. The number of nitro benzene ring substituents is 1. The lowest BCUT2D eigenvalue weighted by Gasteiger charge is -2.56. The number of nitro groups is 1. The zero-order valence-electron chi connectivity index (χ0n) is 18.3. The van der Waals surface area contributed by atoms with E-state index >= 15 is 0 Å². The third kappa shape index (κ3) is 3.69. The molecule has 8 nitrogen and oxygen atoms in total. The molecule has 0 aliphatic heterocycles. The van der Waals surface area contributed by atoms with E-state index in [2.05, 4.69) is 33.0 Å². The van der Waals surface area contributed by atoms with E-state index in [4.69, 9.17) is 0 Å². The summed E-state index contributed by atoms with van der Waals surface area (Å²) in [5.74, 6) is 2.63. The molecule has 4 fully saturated rings. The highest BCUT2D eigenvalue weighted by Gasteiger charge is 2.53. The SMILES string of the molecule is O=[N+]([O-])c1ccc(N/N=C/c2ccc(-n3nncc3C34CC5CC(CC(C5)C3)C4)cc2)cc1. The molecule has 4 aliphatic carbocycles. The molecule has 0 atom stereocenters. The monoisotopic (exact) mass is 442 g/mol. The molecule has 0 unspecified atom stereocenters. The standard InChI is InChI=1S/C25H26N6O2/c32-31(33)23-7-3-21(4-8-23)28-26-15-17-1-5-22(6-2-17)30-24(16-27-29-30)25-12-18-9-19(13-25)11-20(10-18)14-25/h1-8,15-16,18-20,28H,9-14H2/b26-15+. The number of hydrogen-bond acceptors (Lipinski definition) is 6. The largest absolute Gasteiger partial charge is 0.278 e. The van der Waals surface area contributed by atoms with Gasteiger partial charge in [-0.15, -0.1) is 5.10 Å². The number of aromatic nitrogens is 3. The van der Waals surface area contributed by atoms with E-state index < -0.39 is 4.92 Å². The number of hydrazone groups is 1. The van der Waals surface area contributed by atoms with Gasteiger partial charge in [-0.05, 0) is 86.1 Å². The molecule has 8 heteroatoms. The van der Waals surface area contributed by atoms with Gasteiger partial charge in [0, 0.05) is 17.5 Å². The maximum absolute atomic E-state index is 10.7. The van der Waals surface area contributed by atoms with Crippen LogP contribution in [0.4, 0.5) is 11.4 Å². The average Bonchev–Trinajstić information content (AvgIpc) is 3.30. The van der Waals surface area contributed by atoms with Crippen LogP contribution in [-0.4, -0.2) is 26.1 Å². The van der Waals surface area contributed by atoms with Crippen LogP contribution in [0, 0.1) is 27.9 Å². The Morgan fingerprint density at radius 2 is 1.64 bits per heavy atom. The molecule has 3 aromatic rings. The van der Waals surface area contributed by atoms with E-state index in [0.29, 0.717) is 5.69 Å². The fourth-order valence-electron chi connectivity index (χ4n) is 6.75. The third-order valence-corrected chi connectivity index (χ3v) is 7.75. The minimum Gasteiger partial charge on any atom is -0.278 e. The Balaban J connectivity index is 1.17. The highest BCUT2D eigenvalue weighted by atomic mass is 16.6. The van der Waals surface area contributed by atoms with E-state index in [1.165, 1.54) is 56.4 Å². The summed E-state index contributed by atoms with van der Waals surface area (Å²) in [5, 5.41) is 23.8. The molecule has 0 amide bonds. The normalized spacial score (nSPS) is 27.8. The molecule has 168 valence electrons. The summed E-state index contributed by atoms with van der Waals surface area (Å²) in [6.45, 7) is 0. The van der Waals surface area contributed by atoms with Gasteiger partial charge in [-0.1, -0.05) is 17.3 Å². The van der Waals surface area contributed by atoms with Crippen molar-refractivity contribution in [2.24, 2.45) is 22.9 Å². The minimum absolute atomic E-state index is 0.0566.